The highest BCUT2D eigenvalue weighted by atomic mass is 16.5. The van der Waals surface area contributed by atoms with E-state index in [1.165, 1.54) is 25.0 Å². The zero-order chi connectivity index (χ0) is 33.4. The first kappa shape index (κ1) is 33.9. The number of piperidine rings is 1. The summed E-state index contributed by atoms with van der Waals surface area (Å²) >= 11 is 0. The number of ether oxygens (including phenoxy) is 3. The van der Waals surface area contributed by atoms with Gasteiger partial charge in [-0.15, -0.1) is 0 Å². The Kier molecular flexibility index (Phi) is 10.9. The maximum atomic E-state index is 13.6. The topological polar surface area (TPSA) is 175 Å². The summed E-state index contributed by atoms with van der Waals surface area (Å²) in [4.78, 5) is 61.6. The Bertz CT molecular complexity index is 1520. The molecule has 1 aromatic carbocycles. The summed E-state index contributed by atoms with van der Waals surface area (Å²) in [6.07, 6.45) is 0.666. The highest BCUT2D eigenvalue weighted by Gasteiger charge is 2.32. The molecule has 1 atom stereocenters. The van der Waals surface area contributed by atoms with Crippen LogP contribution >= 0.6 is 0 Å². The van der Waals surface area contributed by atoms with Gasteiger partial charge in [-0.2, -0.15) is 15.1 Å². The SMILES string of the molecule is COc1cc(OC)nc(C2CCN(C(=O)[C@H](CCC(=O)O)NC(=O)c3cc(OCC(=O)C(C)(C)C)n(-c4ccccc4)n3)CC2)n1. The van der Waals surface area contributed by atoms with Crippen molar-refractivity contribution in [3.8, 4) is 23.3 Å². The molecule has 46 heavy (non-hydrogen) atoms. The van der Waals surface area contributed by atoms with Crippen LogP contribution < -0.4 is 19.5 Å². The number of benzene rings is 1. The molecule has 0 radical (unpaired) electrons. The Balaban J connectivity index is 1.50. The summed E-state index contributed by atoms with van der Waals surface area (Å²) in [6, 6.07) is 10.8. The number of nitrogens with zero attached hydrogens (tertiary/aromatic N) is 5. The lowest BCUT2D eigenvalue weighted by atomic mass is 9.91. The van der Waals surface area contributed by atoms with E-state index in [0.717, 1.165) is 0 Å². The monoisotopic (exact) mass is 636 g/mol. The van der Waals surface area contributed by atoms with Crippen LogP contribution in [0.2, 0.25) is 0 Å². The number of carbonyl (C=O) groups is 4. The average Bonchev–Trinajstić information content (AvgIpc) is 3.49. The molecule has 1 fully saturated rings. The van der Waals surface area contributed by atoms with Gasteiger partial charge in [-0.05, 0) is 31.4 Å². The highest BCUT2D eigenvalue weighted by Crippen LogP contribution is 2.29. The summed E-state index contributed by atoms with van der Waals surface area (Å²) in [5.41, 5.74) is -0.0884. The van der Waals surface area contributed by atoms with Crippen molar-refractivity contribution >= 4 is 23.6 Å². The van der Waals surface area contributed by atoms with E-state index < -0.39 is 29.2 Å². The van der Waals surface area contributed by atoms with Crippen molar-refractivity contribution in [3.63, 3.8) is 0 Å². The Morgan fingerprint density at radius 3 is 2.20 bits per heavy atom. The summed E-state index contributed by atoms with van der Waals surface area (Å²) < 4.78 is 17.7. The number of hydrogen-bond donors (Lipinski definition) is 2. The van der Waals surface area contributed by atoms with E-state index in [2.05, 4.69) is 20.4 Å². The van der Waals surface area contributed by atoms with Gasteiger partial charge < -0.3 is 29.5 Å². The number of rotatable bonds is 13. The molecule has 0 spiro atoms. The molecule has 2 amide bonds. The predicted molar refractivity (Wildman–Crippen MR) is 165 cm³/mol. The summed E-state index contributed by atoms with van der Waals surface area (Å²) in [5, 5.41) is 16.4. The number of aliphatic carboxylic acids is 1. The minimum Gasteiger partial charge on any atom is -0.481 e. The lowest BCUT2D eigenvalue weighted by molar-refractivity contribution is -0.138. The van der Waals surface area contributed by atoms with Gasteiger partial charge in [-0.1, -0.05) is 39.0 Å². The minimum absolute atomic E-state index is 0.0503. The fourth-order valence-corrected chi connectivity index (χ4v) is 4.84. The van der Waals surface area contributed by atoms with E-state index in [9.17, 15) is 24.3 Å². The number of likely N-dealkylation sites (tertiary alicyclic amines) is 1. The highest BCUT2D eigenvalue weighted by molar-refractivity contribution is 5.96. The van der Waals surface area contributed by atoms with Gasteiger partial charge in [0.25, 0.3) is 5.91 Å². The molecule has 14 nitrogen and oxygen atoms in total. The third-order valence-electron chi connectivity index (χ3n) is 7.63. The van der Waals surface area contributed by atoms with Crippen molar-refractivity contribution in [2.45, 2.75) is 58.4 Å². The number of carboxylic acid groups (broad SMARTS) is 1. The molecule has 0 unspecified atom stereocenters. The molecule has 1 aliphatic heterocycles. The van der Waals surface area contributed by atoms with E-state index in [1.807, 2.05) is 6.07 Å². The maximum Gasteiger partial charge on any atom is 0.303 e. The molecule has 0 aliphatic carbocycles. The molecule has 0 saturated carbocycles. The number of aromatic nitrogens is 4. The zero-order valence-electron chi connectivity index (χ0n) is 26.7. The second-order valence-corrected chi connectivity index (χ2v) is 11.9. The Labute approximate surface area is 267 Å². The van der Waals surface area contributed by atoms with Crippen molar-refractivity contribution in [1.29, 1.82) is 0 Å². The Morgan fingerprint density at radius 2 is 1.63 bits per heavy atom. The second-order valence-electron chi connectivity index (χ2n) is 11.9. The van der Waals surface area contributed by atoms with Crippen LogP contribution in [-0.4, -0.2) is 93.3 Å². The lowest BCUT2D eigenvalue weighted by Crippen LogP contribution is -2.50. The first-order valence-corrected chi connectivity index (χ1v) is 15.0. The molecule has 2 aromatic heterocycles. The average molecular weight is 637 g/mol. The third-order valence-corrected chi connectivity index (χ3v) is 7.63. The molecule has 0 bridgehead atoms. The van der Waals surface area contributed by atoms with Crippen LogP contribution in [0, 0.1) is 5.41 Å². The van der Waals surface area contributed by atoms with Crippen LogP contribution in [0.1, 0.15) is 68.7 Å². The zero-order valence-corrected chi connectivity index (χ0v) is 26.7. The van der Waals surface area contributed by atoms with Crippen LogP contribution in [0.3, 0.4) is 0 Å². The van der Waals surface area contributed by atoms with Gasteiger partial charge in [0.2, 0.25) is 23.5 Å². The minimum atomic E-state index is -1.11. The predicted octanol–water partition coefficient (Wildman–Crippen LogP) is 3.04. The van der Waals surface area contributed by atoms with Crippen LogP contribution in [0.15, 0.2) is 42.5 Å². The van der Waals surface area contributed by atoms with Gasteiger partial charge >= 0.3 is 5.97 Å². The number of para-hydroxylation sites is 1. The van der Waals surface area contributed by atoms with E-state index >= 15 is 0 Å². The number of ketones is 1. The van der Waals surface area contributed by atoms with Crippen molar-refractivity contribution in [3.05, 3.63) is 54.0 Å². The quantitative estimate of drug-likeness (QED) is 0.282. The molecule has 3 aromatic rings. The second kappa shape index (κ2) is 14.8. The first-order valence-electron chi connectivity index (χ1n) is 15.0. The van der Waals surface area contributed by atoms with E-state index in [1.54, 1.807) is 56.0 Å². The molecule has 14 heteroatoms. The van der Waals surface area contributed by atoms with Crippen molar-refractivity contribution in [2.75, 3.05) is 33.9 Å². The molecule has 1 aliphatic rings. The Hall–Kier alpha value is -5.01. The number of carbonyl (C=O) groups excluding carboxylic acids is 3. The van der Waals surface area contributed by atoms with E-state index in [0.29, 0.717) is 49.2 Å². The standard InChI is InChI=1S/C32H40N6O8/c1-32(2,3)24(39)19-46-27-17-23(36-38(27)21-9-7-6-8-10-21)30(42)33-22(11-12-28(40)41)31(43)37-15-13-20(14-16-37)29-34-25(44-4)18-26(35-29)45-5/h6-10,17-18,20,22H,11-16,19H2,1-5H3,(H,33,42)(H,40,41)/t22-/m0/s1. The fourth-order valence-electron chi connectivity index (χ4n) is 4.84. The fraction of sp³-hybridized carbons (Fsp3) is 0.469. The number of methoxy groups -OCH3 is 2. The van der Waals surface area contributed by atoms with E-state index in [4.69, 9.17) is 14.2 Å². The molecule has 246 valence electrons. The van der Waals surface area contributed by atoms with Crippen molar-refractivity contribution in [1.82, 2.24) is 30.0 Å². The molecular weight excluding hydrogens is 596 g/mol. The molecular formula is C32H40N6O8. The summed E-state index contributed by atoms with van der Waals surface area (Å²) in [5.74, 6) is -0.894. The normalized spacial score (nSPS) is 14.3. The molecule has 3 heterocycles. The summed E-state index contributed by atoms with van der Waals surface area (Å²) in [6.45, 7) is 5.83. The van der Waals surface area contributed by atoms with Gasteiger partial charge in [0.05, 0.1) is 26.0 Å². The van der Waals surface area contributed by atoms with Crippen molar-refractivity contribution < 1.29 is 38.5 Å². The Morgan fingerprint density at radius 1 is 1.00 bits per heavy atom. The lowest BCUT2D eigenvalue weighted by Gasteiger charge is -2.34. The van der Waals surface area contributed by atoms with Gasteiger partial charge in [0.15, 0.2) is 11.5 Å². The molecule has 2 N–H and O–H groups in total. The number of nitrogens with one attached hydrogen (secondary N) is 1. The largest absolute Gasteiger partial charge is 0.481 e. The summed E-state index contributed by atoms with van der Waals surface area (Å²) in [7, 11) is 3.01. The third kappa shape index (κ3) is 8.58. The molecule has 1 saturated heterocycles. The number of hydrogen-bond acceptors (Lipinski definition) is 10. The first-order chi connectivity index (χ1) is 21.9. The molecule has 4 rings (SSSR count). The van der Waals surface area contributed by atoms with E-state index in [-0.39, 0.29) is 42.7 Å². The van der Waals surface area contributed by atoms with Crippen LogP contribution in [0.4, 0.5) is 0 Å². The van der Waals surface area contributed by atoms with Crippen LogP contribution in [0.5, 0.6) is 17.6 Å². The smallest absolute Gasteiger partial charge is 0.303 e. The number of Topliss-reactive ketones (excluding diaryl/α,β-unsaturated/α-hetero) is 1. The number of amides is 2. The van der Waals surface area contributed by atoms with Gasteiger partial charge in [0.1, 0.15) is 18.5 Å². The van der Waals surface area contributed by atoms with Crippen LogP contribution in [0.25, 0.3) is 5.69 Å². The number of carboxylic acids is 1. The maximum absolute atomic E-state index is 13.6. The van der Waals surface area contributed by atoms with Crippen molar-refractivity contribution in [2.24, 2.45) is 5.41 Å². The van der Waals surface area contributed by atoms with Crippen LogP contribution in [-0.2, 0) is 14.4 Å². The van der Waals surface area contributed by atoms with Gasteiger partial charge in [-0.3, -0.25) is 19.2 Å². The van der Waals surface area contributed by atoms with Gasteiger partial charge in [-0.25, -0.2) is 4.68 Å². The van der Waals surface area contributed by atoms with Gasteiger partial charge in [0, 0.05) is 36.9 Å².